The monoisotopic (exact) mass is 270 g/mol. The second-order valence-electron chi connectivity index (χ2n) is 4.48. The number of rotatable bonds is 2. The maximum absolute atomic E-state index is 12.0. The van der Waals surface area contributed by atoms with Crippen molar-refractivity contribution in [2.45, 2.75) is 6.92 Å². The Balaban J connectivity index is 2.77. The number of aromatic hydroxyl groups is 1. The number of phenolic OH excluding ortho intramolecular Hbond substituents is 1. The molecule has 20 heavy (non-hydrogen) atoms. The third-order valence-electron chi connectivity index (χ3n) is 3.15. The molecule has 0 aliphatic rings. The molecule has 102 valence electrons. The molecular weight excluding hydrogens is 256 g/mol. The van der Waals surface area contributed by atoms with E-state index in [1.807, 2.05) is 13.0 Å². The van der Waals surface area contributed by atoms with E-state index in [0.29, 0.717) is 16.9 Å². The zero-order valence-electron chi connectivity index (χ0n) is 11.5. The minimum absolute atomic E-state index is 0.0334. The molecule has 1 N–H and O–H groups in total. The molecule has 0 spiro atoms. The first-order chi connectivity index (χ1) is 9.49. The molecule has 0 fully saturated rings. The van der Waals surface area contributed by atoms with Gasteiger partial charge in [0.2, 0.25) is 0 Å². The van der Waals surface area contributed by atoms with Crippen molar-refractivity contribution in [1.29, 1.82) is 5.26 Å². The summed E-state index contributed by atoms with van der Waals surface area (Å²) in [4.78, 5) is 12.0. The predicted molar refractivity (Wildman–Crippen MR) is 74.8 cm³/mol. The van der Waals surface area contributed by atoms with Crippen LogP contribution in [-0.4, -0.2) is 16.8 Å². The van der Waals surface area contributed by atoms with Crippen molar-refractivity contribution >= 4 is 0 Å². The van der Waals surface area contributed by atoms with Gasteiger partial charge in [-0.05, 0) is 30.2 Å². The van der Waals surface area contributed by atoms with Gasteiger partial charge in [0.15, 0.2) is 11.5 Å². The van der Waals surface area contributed by atoms with E-state index in [1.165, 1.54) is 17.7 Å². The minimum atomic E-state index is -0.358. The highest BCUT2D eigenvalue weighted by Gasteiger charge is 2.15. The van der Waals surface area contributed by atoms with Crippen molar-refractivity contribution in [1.82, 2.24) is 4.57 Å². The summed E-state index contributed by atoms with van der Waals surface area (Å²) < 4.78 is 6.36. The van der Waals surface area contributed by atoms with E-state index in [4.69, 9.17) is 4.74 Å². The molecule has 0 unspecified atom stereocenters. The summed E-state index contributed by atoms with van der Waals surface area (Å²) in [5.41, 5.74) is 1.64. The number of methoxy groups -OCH3 is 1. The lowest BCUT2D eigenvalue weighted by atomic mass is 9.97. The third-order valence-corrected chi connectivity index (χ3v) is 3.15. The number of phenols is 1. The molecule has 1 heterocycles. The highest BCUT2D eigenvalue weighted by atomic mass is 16.5. The van der Waals surface area contributed by atoms with Gasteiger partial charge in [0.25, 0.3) is 5.56 Å². The summed E-state index contributed by atoms with van der Waals surface area (Å²) in [7, 11) is 3.06. The van der Waals surface area contributed by atoms with Gasteiger partial charge < -0.3 is 14.4 Å². The van der Waals surface area contributed by atoms with Crippen molar-refractivity contribution in [2.24, 2.45) is 7.05 Å². The number of ether oxygens (including phenoxy) is 1. The highest BCUT2D eigenvalue weighted by Crippen LogP contribution is 2.33. The second-order valence-corrected chi connectivity index (χ2v) is 4.48. The summed E-state index contributed by atoms with van der Waals surface area (Å²) in [5.74, 6) is 0.308. The van der Waals surface area contributed by atoms with Crippen molar-refractivity contribution in [2.75, 3.05) is 7.11 Å². The van der Waals surface area contributed by atoms with E-state index in [9.17, 15) is 15.2 Å². The molecule has 1 aromatic carbocycles. The molecular formula is C15H14N2O3. The van der Waals surface area contributed by atoms with Gasteiger partial charge in [-0.3, -0.25) is 4.79 Å². The first-order valence-electron chi connectivity index (χ1n) is 5.97. The lowest BCUT2D eigenvalue weighted by molar-refractivity contribution is 0.373. The number of benzene rings is 1. The van der Waals surface area contributed by atoms with Gasteiger partial charge in [-0.1, -0.05) is 6.07 Å². The normalized spacial score (nSPS) is 10.1. The molecule has 0 radical (unpaired) electrons. The van der Waals surface area contributed by atoms with Crippen molar-refractivity contribution in [3.63, 3.8) is 0 Å². The fraction of sp³-hybridized carbons (Fsp3) is 0.200. The van der Waals surface area contributed by atoms with Crippen molar-refractivity contribution in [3.8, 4) is 28.7 Å². The number of hydrogen-bond donors (Lipinski definition) is 1. The van der Waals surface area contributed by atoms with E-state index >= 15 is 0 Å². The standard InChI is InChI=1S/C15H14N2O3/c1-9-8-17(2)15(19)11(7-16)14(9)10-4-5-13(20-3)12(18)6-10/h4-6,8,18H,1-3H3. The van der Waals surface area contributed by atoms with Gasteiger partial charge in [-0.25, -0.2) is 0 Å². The highest BCUT2D eigenvalue weighted by molar-refractivity contribution is 5.75. The molecule has 0 amide bonds. The SMILES string of the molecule is COc1ccc(-c2c(C)cn(C)c(=O)c2C#N)cc1O. The number of hydrogen-bond acceptors (Lipinski definition) is 4. The van der Waals surface area contributed by atoms with Gasteiger partial charge in [-0.2, -0.15) is 5.26 Å². The van der Waals surface area contributed by atoms with Crippen molar-refractivity contribution < 1.29 is 9.84 Å². The summed E-state index contributed by atoms with van der Waals surface area (Å²) >= 11 is 0. The lowest BCUT2D eigenvalue weighted by Crippen LogP contribution is -2.20. The number of pyridine rings is 1. The molecule has 2 rings (SSSR count). The number of aryl methyl sites for hydroxylation is 2. The van der Waals surface area contributed by atoms with Gasteiger partial charge in [0.05, 0.1) is 7.11 Å². The largest absolute Gasteiger partial charge is 0.504 e. The Labute approximate surface area is 116 Å². The number of nitriles is 1. The fourth-order valence-electron chi connectivity index (χ4n) is 2.22. The molecule has 1 aromatic heterocycles. The Morgan fingerprint density at radius 1 is 1.40 bits per heavy atom. The quantitative estimate of drug-likeness (QED) is 0.905. The van der Waals surface area contributed by atoms with E-state index < -0.39 is 0 Å². The maximum atomic E-state index is 12.0. The average Bonchev–Trinajstić information content (AvgIpc) is 2.42. The molecule has 0 aliphatic heterocycles. The van der Waals surface area contributed by atoms with Crippen LogP contribution in [0.1, 0.15) is 11.1 Å². The van der Waals surface area contributed by atoms with E-state index in [2.05, 4.69) is 0 Å². The summed E-state index contributed by atoms with van der Waals surface area (Å²) in [6.07, 6.45) is 1.67. The molecule has 5 nitrogen and oxygen atoms in total. The van der Waals surface area contributed by atoms with Gasteiger partial charge in [0.1, 0.15) is 11.6 Å². The van der Waals surface area contributed by atoms with Crippen LogP contribution in [0.2, 0.25) is 0 Å². The number of nitrogens with zero attached hydrogens (tertiary/aromatic N) is 2. The van der Waals surface area contributed by atoms with Gasteiger partial charge >= 0.3 is 0 Å². The van der Waals surface area contributed by atoms with Crippen LogP contribution in [0.25, 0.3) is 11.1 Å². The maximum Gasteiger partial charge on any atom is 0.268 e. The molecule has 0 saturated carbocycles. The fourth-order valence-corrected chi connectivity index (χ4v) is 2.22. The molecule has 0 atom stereocenters. The van der Waals surface area contributed by atoms with Crippen LogP contribution in [0.4, 0.5) is 0 Å². The first kappa shape index (κ1) is 13.7. The smallest absolute Gasteiger partial charge is 0.268 e. The van der Waals surface area contributed by atoms with E-state index in [-0.39, 0.29) is 16.9 Å². The molecule has 0 bridgehead atoms. The Hall–Kier alpha value is -2.74. The topological polar surface area (TPSA) is 75.2 Å². The summed E-state index contributed by atoms with van der Waals surface area (Å²) in [5, 5.41) is 19.1. The Morgan fingerprint density at radius 3 is 2.65 bits per heavy atom. The minimum Gasteiger partial charge on any atom is -0.504 e. The first-order valence-corrected chi connectivity index (χ1v) is 5.97. The van der Waals surface area contributed by atoms with Crippen molar-refractivity contribution in [3.05, 3.63) is 45.9 Å². The lowest BCUT2D eigenvalue weighted by Gasteiger charge is -2.12. The van der Waals surface area contributed by atoms with Crippen LogP contribution < -0.4 is 10.3 Å². The van der Waals surface area contributed by atoms with E-state index in [1.54, 1.807) is 25.4 Å². The second kappa shape index (κ2) is 5.10. The molecule has 2 aromatic rings. The van der Waals surface area contributed by atoms with E-state index in [0.717, 1.165) is 5.56 Å². The van der Waals surface area contributed by atoms with Gasteiger partial charge in [-0.15, -0.1) is 0 Å². The van der Waals surface area contributed by atoms with Crippen LogP contribution in [0.15, 0.2) is 29.2 Å². The molecule has 0 aliphatic carbocycles. The third kappa shape index (κ3) is 2.12. The van der Waals surface area contributed by atoms with Gasteiger partial charge in [0, 0.05) is 18.8 Å². The molecule has 0 saturated heterocycles. The van der Waals surface area contributed by atoms with Crippen LogP contribution in [0.5, 0.6) is 11.5 Å². The van der Waals surface area contributed by atoms with Crippen LogP contribution in [-0.2, 0) is 7.05 Å². The predicted octanol–water partition coefficient (Wildman–Crippen LogP) is 1.95. The zero-order chi connectivity index (χ0) is 14.9. The Kier molecular flexibility index (Phi) is 3.49. The van der Waals surface area contributed by atoms with Crippen LogP contribution >= 0.6 is 0 Å². The Morgan fingerprint density at radius 2 is 2.10 bits per heavy atom. The molecule has 5 heteroatoms. The van der Waals surface area contributed by atoms with Crippen LogP contribution in [0.3, 0.4) is 0 Å². The van der Waals surface area contributed by atoms with Crippen LogP contribution in [0, 0.1) is 18.3 Å². The number of aromatic nitrogens is 1. The summed E-state index contributed by atoms with van der Waals surface area (Å²) in [6.45, 7) is 1.82. The summed E-state index contributed by atoms with van der Waals surface area (Å²) in [6, 6.07) is 6.74. The zero-order valence-corrected chi connectivity index (χ0v) is 11.5. The Bertz CT molecular complexity index is 770. The average molecular weight is 270 g/mol.